The van der Waals surface area contributed by atoms with Crippen molar-refractivity contribution < 1.29 is 21.6 Å². The van der Waals surface area contributed by atoms with Crippen LogP contribution in [-0.2, 0) is 20.0 Å². The quantitative estimate of drug-likeness (QED) is 0.466. The highest BCUT2D eigenvalue weighted by Crippen LogP contribution is 2.24. The van der Waals surface area contributed by atoms with Gasteiger partial charge in [0.1, 0.15) is 0 Å². The van der Waals surface area contributed by atoms with Crippen LogP contribution < -0.4 is 10.0 Å². The van der Waals surface area contributed by atoms with Gasteiger partial charge in [-0.2, -0.15) is 4.31 Å². The fourth-order valence-electron chi connectivity index (χ4n) is 4.09. The van der Waals surface area contributed by atoms with Crippen molar-refractivity contribution in [2.24, 2.45) is 0 Å². The zero-order valence-corrected chi connectivity index (χ0v) is 21.6. The number of aryl methyl sites for hydroxylation is 1. The number of sulfonamides is 2. The van der Waals surface area contributed by atoms with E-state index in [9.17, 15) is 21.6 Å². The highest BCUT2D eigenvalue weighted by Gasteiger charge is 2.25. The minimum Gasteiger partial charge on any atom is -0.322 e. The fraction of sp³-hybridized carbons (Fsp3) is 0.269. The standard InChI is InChI=1S/C26H29N3O5S2/c1-20-11-12-21(19-25(20)35(31,32)28-23-9-5-4-6-10-23)26(30)27-22-13-15-24(16-14-22)36(33,34)29-17-7-2-3-8-18-29/h4-6,9-16,19,28H,2-3,7-8,17-18H2,1H3,(H,27,30). The molecule has 0 saturated carbocycles. The molecule has 0 atom stereocenters. The summed E-state index contributed by atoms with van der Waals surface area (Å²) in [5, 5.41) is 2.71. The zero-order chi connectivity index (χ0) is 25.8. The summed E-state index contributed by atoms with van der Waals surface area (Å²) in [5.41, 5.74) is 1.48. The van der Waals surface area contributed by atoms with Gasteiger partial charge in [0.2, 0.25) is 10.0 Å². The molecule has 1 amide bonds. The molecule has 3 aromatic carbocycles. The van der Waals surface area contributed by atoms with Crippen molar-refractivity contribution in [1.29, 1.82) is 0 Å². The molecule has 4 rings (SSSR count). The van der Waals surface area contributed by atoms with Gasteiger partial charge < -0.3 is 5.32 Å². The average Bonchev–Trinajstić information content (AvgIpc) is 3.15. The first-order chi connectivity index (χ1) is 17.2. The number of benzene rings is 3. The van der Waals surface area contributed by atoms with Crippen LogP contribution in [0.3, 0.4) is 0 Å². The normalized spacial score (nSPS) is 15.1. The molecule has 0 unspecified atom stereocenters. The summed E-state index contributed by atoms with van der Waals surface area (Å²) in [6.45, 7) is 2.68. The molecule has 0 radical (unpaired) electrons. The third-order valence-corrected chi connectivity index (χ3v) is 9.52. The van der Waals surface area contributed by atoms with Crippen molar-refractivity contribution in [2.45, 2.75) is 42.4 Å². The lowest BCUT2D eigenvalue weighted by Crippen LogP contribution is -2.31. The molecule has 1 aliphatic heterocycles. The van der Waals surface area contributed by atoms with E-state index in [-0.39, 0.29) is 15.4 Å². The first-order valence-electron chi connectivity index (χ1n) is 11.8. The third kappa shape index (κ3) is 5.95. The molecular weight excluding hydrogens is 498 g/mol. The van der Waals surface area contributed by atoms with Crippen molar-refractivity contribution >= 4 is 37.3 Å². The van der Waals surface area contributed by atoms with Gasteiger partial charge in [-0.15, -0.1) is 0 Å². The number of para-hydroxylation sites is 1. The molecule has 0 bridgehead atoms. The molecule has 0 aromatic heterocycles. The lowest BCUT2D eigenvalue weighted by atomic mass is 10.1. The number of amides is 1. The van der Waals surface area contributed by atoms with Crippen LogP contribution in [0.1, 0.15) is 41.6 Å². The van der Waals surface area contributed by atoms with E-state index in [4.69, 9.17) is 0 Å². The Morgan fingerprint density at radius 3 is 2.06 bits per heavy atom. The Balaban J connectivity index is 1.50. The first-order valence-corrected chi connectivity index (χ1v) is 14.7. The summed E-state index contributed by atoms with van der Waals surface area (Å²) in [5.74, 6) is -0.505. The smallest absolute Gasteiger partial charge is 0.262 e. The lowest BCUT2D eigenvalue weighted by molar-refractivity contribution is 0.102. The first kappa shape index (κ1) is 25.9. The second-order valence-corrected chi connectivity index (χ2v) is 12.3. The van der Waals surface area contributed by atoms with Gasteiger partial charge in [-0.1, -0.05) is 37.1 Å². The van der Waals surface area contributed by atoms with Crippen LogP contribution in [0.5, 0.6) is 0 Å². The summed E-state index contributed by atoms with van der Waals surface area (Å²) in [6.07, 6.45) is 3.76. The summed E-state index contributed by atoms with van der Waals surface area (Å²) in [6, 6.07) is 19.0. The average molecular weight is 528 g/mol. The van der Waals surface area contributed by atoms with E-state index in [1.54, 1.807) is 49.4 Å². The predicted octanol–water partition coefficient (Wildman–Crippen LogP) is 4.61. The summed E-state index contributed by atoms with van der Waals surface area (Å²) in [7, 11) is -7.50. The van der Waals surface area contributed by atoms with Crippen molar-refractivity contribution in [3.05, 3.63) is 83.9 Å². The number of hydrogen-bond acceptors (Lipinski definition) is 5. The third-order valence-electron chi connectivity index (χ3n) is 6.08. The second-order valence-electron chi connectivity index (χ2n) is 8.75. The van der Waals surface area contributed by atoms with E-state index in [1.807, 2.05) is 0 Å². The van der Waals surface area contributed by atoms with E-state index < -0.39 is 26.0 Å². The Bertz CT molecular complexity index is 1430. The lowest BCUT2D eigenvalue weighted by Gasteiger charge is -2.20. The summed E-state index contributed by atoms with van der Waals surface area (Å²) >= 11 is 0. The summed E-state index contributed by atoms with van der Waals surface area (Å²) < 4.78 is 55.8. The monoisotopic (exact) mass is 527 g/mol. The van der Waals surface area contributed by atoms with Crippen LogP contribution in [0.15, 0.2) is 82.6 Å². The molecule has 1 fully saturated rings. The van der Waals surface area contributed by atoms with Crippen LogP contribution in [0.25, 0.3) is 0 Å². The fourth-order valence-corrected chi connectivity index (χ4v) is 6.94. The number of anilines is 2. The Morgan fingerprint density at radius 1 is 0.778 bits per heavy atom. The van der Waals surface area contributed by atoms with E-state index in [2.05, 4.69) is 10.0 Å². The van der Waals surface area contributed by atoms with Gasteiger partial charge >= 0.3 is 0 Å². The Labute approximate surface area is 212 Å². The van der Waals surface area contributed by atoms with Gasteiger partial charge in [0.15, 0.2) is 0 Å². The zero-order valence-electron chi connectivity index (χ0n) is 20.0. The molecule has 3 aromatic rings. The van der Waals surface area contributed by atoms with Crippen molar-refractivity contribution in [3.63, 3.8) is 0 Å². The number of nitrogens with zero attached hydrogens (tertiary/aromatic N) is 1. The molecular formula is C26H29N3O5S2. The van der Waals surface area contributed by atoms with Gasteiger partial charge in [-0.25, -0.2) is 16.8 Å². The maximum absolute atomic E-state index is 13.0. The predicted molar refractivity (Wildman–Crippen MR) is 140 cm³/mol. The number of carbonyl (C=O) groups excluding carboxylic acids is 1. The molecule has 190 valence electrons. The van der Waals surface area contributed by atoms with E-state index in [0.717, 1.165) is 25.7 Å². The second kappa shape index (κ2) is 10.8. The minimum absolute atomic E-state index is 0.00195. The minimum atomic E-state index is -3.91. The maximum Gasteiger partial charge on any atom is 0.262 e. The largest absolute Gasteiger partial charge is 0.322 e. The number of carbonyl (C=O) groups is 1. The van der Waals surface area contributed by atoms with E-state index in [1.165, 1.54) is 34.6 Å². The van der Waals surface area contributed by atoms with Gasteiger partial charge in [-0.3, -0.25) is 9.52 Å². The molecule has 1 aliphatic rings. The van der Waals surface area contributed by atoms with Crippen molar-refractivity contribution in [3.8, 4) is 0 Å². The molecule has 8 nitrogen and oxygen atoms in total. The molecule has 2 N–H and O–H groups in total. The van der Waals surface area contributed by atoms with Crippen LogP contribution in [-0.4, -0.2) is 40.1 Å². The van der Waals surface area contributed by atoms with Crippen LogP contribution in [0.2, 0.25) is 0 Å². The van der Waals surface area contributed by atoms with E-state index in [0.29, 0.717) is 30.0 Å². The molecule has 0 spiro atoms. The molecule has 0 aliphatic carbocycles. The maximum atomic E-state index is 13.0. The number of hydrogen-bond donors (Lipinski definition) is 2. The Kier molecular flexibility index (Phi) is 7.77. The van der Waals surface area contributed by atoms with Crippen molar-refractivity contribution in [1.82, 2.24) is 4.31 Å². The van der Waals surface area contributed by atoms with Gasteiger partial charge in [0, 0.05) is 30.0 Å². The van der Waals surface area contributed by atoms with E-state index >= 15 is 0 Å². The molecule has 36 heavy (non-hydrogen) atoms. The van der Waals surface area contributed by atoms with Gasteiger partial charge in [0.25, 0.3) is 15.9 Å². The molecule has 10 heteroatoms. The van der Waals surface area contributed by atoms with Crippen LogP contribution in [0.4, 0.5) is 11.4 Å². The Morgan fingerprint density at radius 2 is 1.42 bits per heavy atom. The molecule has 1 saturated heterocycles. The molecule has 1 heterocycles. The van der Waals surface area contributed by atoms with Gasteiger partial charge in [-0.05, 0) is 73.9 Å². The number of rotatable bonds is 7. The SMILES string of the molecule is Cc1ccc(C(=O)Nc2ccc(S(=O)(=O)N3CCCCCC3)cc2)cc1S(=O)(=O)Nc1ccccc1. The highest BCUT2D eigenvalue weighted by molar-refractivity contribution is 7.92. The van der Waals surface area contributed by atoms with Crippen molar-refractivity contribution in [2.75, 3.05) is 23.1 Å². The summed E-state index contributed by atoms with van der Waals surface area (Å²) in [4.78, 5) is 13.1. The topological polar surface area (TPSA) is 113 Å². The Hall–Kier alpha value is -3.21. The highest BCUT2D eigenvalue weighted by atomic mass is 32.2. The van der Waals surface area contributed by atoms with Crippen LogP contribution in [0, 0.1) is 6.92 Å². The van der Waals surface area contributed by atoms with Gasteiger partial charge in [0.05, 0.1) is 9.79 Å². The number of nitrogens with one attached hydrogen (secondary N) is 2. The van der Waals surface area contributed by atoms with Crippen LogP contribution >= 0.6 is 0 Å².